The fraction of sp³-hybridized carbons (Fsp3) is 0.0833. The predicted octanol–water partition coefficient (Wildman–Crippen LogP) is 3.71. The highest BCUT2D eigenvalue weighted by atomic mass is 35.5. The van der Waals surface area contributed by atoms with Crippen LogP contribution in [-0.2, 0) is 6.54 Å². The van der Waals surface area contributed by atoms with Crippen molar-refractivity contribution in [1.82, 2.24) is 4.98 Å². The SMILES string of the molecule is Oc1ccc(CNc2ccc(Cl)cc2Cl)nc1. The maximum Gasteiger partial charge on any atom is 0.133 e. The van der Waals surface area contributed by atoms with Crippen molar-refractivity contribution in [2.75, 3.05) is 5.32 Å². The molecule has 2 aromatic rings. The molecule has 17 heavy (non-hydrogen) atoms. The molecule has 2 N–H and O–H groups in total. The average molecular weight is 269 g/mol. The van der Waals surface area contributed by atoms with Crippen LogP contribution in [0.15, 0.2) is 36.5 Å². The lowest BCUT2D eigenvalue weighted by atomic mass is 10.3. The molecule has 0 saturated carbocycles. The molecule has 0 atom stereocenters. The van der Waals surface area contributed by atoms with Gasteiger partial charge in [0.1, 0.15) is 5.75 Å². The number of anilines is 1. The van der Waals surface area contributed by atoms with Crippen LogP contribution in [-0.4, -0.2) is 10.1 Å². The Balaban J connectivity index is 2.04. The van der Waals surface area contributed by atoms with E-state index in [4.69, 9.17) is 28.3 Å². The Bertz CT molecular complexity index is 514. The quantitative estimate of drug-likeness (QED) is 0.892. The van der Waals surface area contributed by atoms with Crippen molar-refractivity contribution >= 4 is 28.9 Å². The van der Waals surface area contributed by atoms with Crippen LogP contribution < -0.4 is 5.32 Å². The van der Waals surface area contributed by atoms with E-state index in [1.807, 2.05) is 6.07 Å². The summed E-state index contributed by atoms with van der Waals surface area (Å²) in [5.41, 5.74) is 1.61. The second-order valence-corrected chi connectivity index (χ2v) is 4.33. The molecule has 0 amide bonds. The third-order valence-corrected chi connectivity index (χ3v) is 2.75. The first kappa shape index (κ1) is 12.0. The van der Waals surface area contributed by atoms with Crippen LogP contribution in [0.3, 0.4) is 0 Å². The smallest absolute Gasteiger partial charge is 0.133 e. The van der Waals surface area contributed by atoms with Gasteiger partial charge in [0.25, 0.3) is 0 Å². The Labute approximate surface area is 109 Å². The van der Waals surface area contributed by atoms with Crippen molar-refractivity contribution in [3.05, 3.63) is 52.3 Å². The first-order chi connectivity index (χ1) is 8.15. The molecule has 0 spiro atoms. The fourth-order valence-electron chi connectivity index (χ4n) is 1.34. The molecule has 0 aliphatic heterocycles. The second-order valence-electron chi connectivity index (χ2n) is 3.49. The molecule has 0 radical (unpaired) electrons. The molecule has 1 aromatic carbocycles. The monoisotopic (exact) mass is 268 g/mol. The van der Waals surface area contributed by atoms with E-state index >= 15 is 0 Å². The Morgan fingerprint density at radius 1 is 1.18 bits per heavy atom. The maximum absolute atomic E-state index is 9.10. The molecule has 0 saturated heterocycles. The molecule has 0 fully saturated rings. The Morgan fingerprint density at radius 2 is 2.00 bits per heavy atom. The van der Waals surface area contributed by atoms with E-state index in [1.54, 1.807) is 24.3 Å². The lowest BCUT2D eigenvalue weighted by Crippen LogP contribution is -2.01. The average Bonchev–Trinajstić information content (AvgIpc) is 2.30. The molecule has 0 aliphatic carbocycles. The molecule has 1 aromatic heterocycles. The number of aromatic hydroxyl groups is 1. The summed E-state index contributed by atoms with van der Waals surface area (Å²) in [6.07, 6.45) is 1.40. The number of hydrogen-bond acceptors (Lipinski definition) is 3. The number of aromatic nitrogens is 1. The van der Waals surface area contributed by atoms with Gasteiger partial charge in [0.2, 0.25) is 0 Å². The first-order valence-corrected chi connectivity index (χ1v) is 5.73. The van der Waals surface area contributed by atoms with Gasteiger partial charge in [0.15, 0.2) is 0 Å². The minimum atomic E-state index is 0.151. The molecule has 2 rings (SSSR count). The van der Waals surface area contributed by atoms with Crippen molar-refractivity contribution in [3.8, 4) is 5.75 Å². The number of benzene rings is 1. The van der Waals surface area contributed by atoms with Gasteiger partial charge in [0.05, 0.1) is 29.1 Å². The summed E-state index contributed by atoms with van der Waals surface area (Å²) >= 11 is 11.8. The number of nitrogens with zero attached hydrogens (tertiary/aromatic N) is 1. The standard InChI is InChI=1S/C12H10Cl2N2O/c13-8-1-4-12(11(14)5-8)16-6-9-2-3-10(17)7-15-9/h1-5,7,16-17H,6H2. The van der Waals surface area contributed by atoms with E-state index in [2.05, 4.69) is 10.3 Å². The van der Waals surface area contributed by atoms with Gasteiger partial charge in [-0.2, -0.15) is 0 Å². The molecular formula is C12H10Cl2N2O. The molecule has 1 heterocycles. The topological polar surface area (TPSA) is 45.1 Å². The number of hydrogen-bond donors (Lipinski definition) is 2. The highest BCUT2D eigenvalue weighted by Gasteiger charge is 2.01. The predicted molar refractivity (Wildman–Crippen MR) is 69.7 cm³/mol. The number of rotatable bonds is 3. The highest BCUT2D eigenvalue weighted by molar-refractivity contribution is 6.36. The van der Waals surface area contributed by atoms with Crippen LogP contribution in [0.5, 0.6) is 5.75 Å². The van der Waals surface area contributed by atoms with Gasteiger partial charge < -0.3 is 10.4 Å². The minimum absolute atomic E-state index is 0.151. The van der Waals surface area contributed by atoms with Crippen molar-refractivity contribution < 1.29 is 5.11 Å². The molecule has 0 bridgehead atoms. The highest BCUT2D eigenvalue weighted by Crippen LogP contribution is 2.25. The molecule has 0 aliphatic rings. The third-order valence-electron chi connectivity index (χ3n) is 2.20. The zero-order valence-corrected chi connectivity index (χ0v) is 10.3. The maximum atomic E-state index is 9.10. The van der Waals surface area contributed by atoms with Crippen LogP contribution in [0.1, 0.15) is 5.69 Å². The second kappa shape index (κ2) is 5.25. The summed E-state index contributed by atoms with van der Waals surface area (Å²) in [6.45, 7) is 0.529. The Hall–Kier alpha value is -1.45. The Morgan fingerprint density at radius 3 is 2.65 bits per heavy atom. The summed E-state index contributed by atoms with van der Waals surface area (Å²) in [7, 11) is 0. The van der Waals surface area contributed by atoms with E-state index in [0.29, 0.717) is 16.6 Å². The summed E-state index contributed by atoms with van der Waals surface area (Å²) in [5, 5.41) is 13.4. The van der Waals surface area contributed by atoms with Crippen molar-refractivity contribution in [2.24, 2.45) is 0 Å². The van der Waals surface area contributed by atoms with Gasteiger partial charge in [0, 0.05) is 5.02 Å². The van der Waals surface area contributed by atoms with Gasteiger partial charge in [-0.25, -0.2) is 0 Å². The Kier molecular flexibility index (Phi) is 3.71. The largest absolute Gasteiger partial charge is 0.506 e. The fourth-order valence-corrected chi connectivity index (χ4v) is 1.82. The third kappa shape index (κ3) is 3.25. The minimum Gasteiger partial charge on any atom is -0.506 e. The van der Waals surface area contributed by atoms with E-state index in [9.17, 15) is 0 Å². The lowest BCUT2D eigenvalue weighted by molar-refractivity contribution is 0.472. The van der Waals surface area contributed by atoms with Crippen LogP contribution in [0.2, 0.25) is 10.0 Å². The summed E-state index contributed by atoms with van der Waals surface area (Å²) in [5.74, 6) is 0.151. The molecule has 0 unspecified atom stereocenters. The van der Waals surface area contributed by atoms with Crippen molar-refractivity contribution in [1.29, 1.82) is 0 Å². The van der Waals surface area contributed by atoms with Crippen molar-refractivity contribution in [2.45, 2.75) is 6.54 Å². The zero-order chi connectivity index (χ0) is 12.3. The number of halogens is 2. The first-order valence-electron chi connectivity index (χ1n) is 4.98. The van der Waals surface area contributed by atoms with Gasteiger partial charge in [-0.3, -0.25) is 4.98 Å². The van der Waals surface area contributed by atoms with E-state index in [1.165, 1.54) is 6.20 Å². The number of pyridine rings is 1. The summed E-state index contributed by atoms with van der Waals surface area (Å²) in [4.78, 5) is 4.06. The van der Waals surface area contributed by atoms with Crippen LogP contribution >= 0.6 is 23.2 Å². The van der Waals surface area contributed by atoms with Crippen LogP contribution in [0.4, 0.5) is 5.69 Å². The lowest BCUT2D eigenvalue weighted by Gasteiger charge is -2.08. The molecular weight excluding hydrogens is 259 g/mol. The number of nitrogens with one attached hydrogen (secondary N) is 1. The van der Waals surface area contributed by atoms with Gasteiger partial charge in [-0.15, -0.1) is 0 Å². The van der Waals surface area contributed by atoms with E-state index in [-0.39, 0.29) is 5.75 Å². The molecule has 88 valence electrons. The molecule has 3 nitrogen and oxygen atoms in total. The van der Waals surface area contributed by atoms with Crippen LogP contribution in [0, 0.1) is 0 Å². The van der Waals surface area contributed by atoms with Crippen molar-refractivity contribution in [3.63, 3.8) is 0 Å². The van der Waals surface area contributed by atoms with Gasteiger partial charge >= 0.3 is 0 Å². The van der Waals surface area contributed by atoms with Crippen LogP contribution in [0.25, 0.3) is 0 Å². The zero-order valence-electron chi connectivity index (χ0n) is 8.82. The normalized spacial score (nSPS) is 10.2. The van der Waals surface area contributed by atoms with E-state index < -0.39 is 0 Å². The molecule has 5 heteroatoms. The van der Waals surface area contributed by atoms with Gasteiger partial charge in [-0.05, 0) is 30.3 Å². The van der Waals surface area contributed by atoms with E-state index in [0.717, 1.165) is 11.4 Å². The summed E-state index contributed by atoms with van der Waals surface area (Å²) < 4.78 is 0. The van der Waals surface area contributed by atoms with Gasteiger partial charge in [-0.1, -0.05) is 23.2 Å². The summed E-state index contributed by atoms with van der Waals surface area (Å²) in [6, 6.07) is 8.58.